The van der Waals surface area contributed by atoms with Crippen molar-refractivity contribution >= 4 is 11.8 Å². The van der Waals surface area contributed by atoms with E-state index < -0.39 is 17.9 Å². The topological polar surface area (TPSA) is 76.7 Å². The molecule has 0 bridgehead atoms. The molecule has 0 aliphatic rings. The minimum atomic E-state index is -0.717. The van der Waals surface area contributed by atoms with E-state index in [0.717, 1.165) is 23.1 Å². The van der Waals surface area contributed by atoms with Gasteiger partial charge in [0.2, 0.25) is 0 Å². The van der Waals surface area contributed by atoms with Gasteiger partial charge in [-0.15, -0.1) is 0 Å². The Balaban J connectivity index is 1.93. The van der Waals surface area contributed by atoms with Crippen molar-refractivity contribution in [2.75, 3.05) is 6.61 Å². The Morgan fingerprint density at radius 1 is 0.906 bits per heavy atom. The summed E-state index contributed by atoms with van der Waals surface area (Å²) >= 11 is 0. The first-order valence-electron chi connectivity index (χ1n) is 11.3. The number of aryl methyl sites for hydroxylation is 1. The lowest BCUT2D eigenvalue weighted by Crippen LogP contribution is -2.49. The van der Waals surface area contributed by atoms with Crippen LogP contribution in [0.5, 0.6) is 11.5 Å². The molecule has 2 atom stereocenters. The van der Waals surface area contributed by atoms with Gasteiger partial charge in [-0.1, -0.05) is 65.0 Å². The Labute approximate surface area is 191 Å². The van der Waals surface area contributed by atoms with Crippen LogP contribution in [0.3, 0.4) is 0 Å². The van der Waals surface area contributed by atoms with Crippen LogP contribution in [-0.2, 0) is 9.59 Å². The van der Waals surface area contributed by atoms with E-state index in [4.69, 9.17) is 9.47 Å². The maximum atomic E-state index is 12.6. The molecule has 0 radical (unpaired) electrons. The Bertz CT molecular complexity index is 910. The second kappa shape index (κ2) is 12.1. The molecule has 0 aromatic heterocycles. The van der Waals surface area contributed by atoms with Crippen LogP contribution < -0.4 is 20.3 Å². The Morgan fingerprint density at radius 2 is 1.62 bits per heavy atom. The SMILES string of the molecule is CCC(Oc1ccccc1C(C)CC)C(=O)NNC(=O)COc1cc(C)ccc1C(C)C. The summed E-state index contributed by atoms with van der Waals surface area (Å²) in [7, 11) is 0. The number of nitrogens with one attached hydrogen (secondary N) is 2. The van der Waals surface area contributed by atoms with Crippen LogP contribution in [-0.4, -0.2) is 24.5 Å². The van der Waals surface area contributed by atoms with Gasteiger partial charge in [0.15, 0.2) is 12.7 Å². The number of hydrogen-bond donors (Lipinski definition) is 2. The molecule has 2 N–H and O–H groups in total. The zero-order chi connectivity index (χ0) is 23.7. The normalized spacial score (nSPS) is 12.7. The molecule has 6 heteroatoms. The number of ether oxygens (including phenoxy) is 2. The number of rotatable bonds is 10. The highest BCUT2D eigenvalue weighted by atomic mass is 16.5. The summed E-state index contributed by atoms with van der Waals surface area (Å²) in [5.41, 5.74) is 8.04. The van der Waals surface area contributed by atoms with Gasteiger partial charge in [0.05, 0.1) is 0 Å². The smallest absolute Gasteiger partial charge is 0.279 e. The van der Waals surface area contributed by atoms with Crippen molar-refractivity contribution in [1.29, 1.82) is 0 Å². The fourth-order valence-corrected chi connectivity index (χ4v) is 3.33. The maximum Gasteiger partial charge on any atom is 0.279 e. The highest BCUT2D eigenvalue weighted by Gasteiger charge is 2.21. The van der Waals surface area contributed by atoms with Crippen LogP contribution >= 0.6 is 0 Å². The summed E-state index contributed by atoms with van der Waals surface area (Å²) in [4.78, 5) is 24.9. The monoisotopic (exact) mass is 440 g/mol. The molecule has 0 saturated heterocycles. The highest BCUT2D eigenvalue weighted by molar-refractivity contribution is 5.85. The summed E-state index contributed by atoms with van der Waals surface area (Å²) in [6.45, 7) is 12.0. The predicted octanol–water partition coefficient (Wildman–Crippen LogP) is 5.02. The fourth-order valence-electron chi connectivity index (χ4n) is 3.33. The van der Waals surface area contributed by atoms with Gasteiger partial charge in [-0.25, -0.2) is 0 Å². The van der Waals surface area contributed by atoms with E-state index in [-0.39, 0.29) is 12.5 Å². The molecule has 32 heavy (non-hydrogen) atoms. The zero-order valence-corrected chi connectivity index (χ0v) is 20.0. The average Bonchev–Trinajstić information content (AvgIpc) is 2.79. The van der Waals surface area contributed by atoms with Gasteiger partial charge in [0.25, 0.3) is 11.8 Å². The fraction of sp³-hybridized carbons (Fsp3) is 0.462. The molecule has 2 rings (SSSR count). The van der Waals surface area contributed by atoms with Gasteiger partial charge in [0.1, 0.15) is 11.5 Å². The van der Waals surface area contributed by atoms with Crippen molar-refractivity contribution in [3.63, 3.8) is 0 Å². The molecule has 2 aromatic carbocycles. The van der Waals surface area contributed by atoms with Crippen molar-refractivity contribution in [2.45, 2.75) is 72.3 Å². The number of hydrazine groups is 1. The third-order valence-corrected chi connectivity index (χ3v) is 5.47. The van der Waals surface area contributed by atoms with E-state index in [1.165, 1.54) is 0 Å². The van der Waals surface area contributed by atoms with Crippen molar-refractivity contribution in [3.05, 3.63) is 59.2 Å². The summed E-state index contributed by atoms with van der Waals surface area (Å²) < 4.78 is 11.7. The van der Waals surface area contributed by atoms with Crippen LogP contribution in [0.25, 0.3) is 0 Å². The minimum absolute atomic E-state index is 0.196. The Hall–Kier alpha value is -3.02. The van der Waals surface area contributed by atoms with Crippen molar-refractivity contribution in [2.24, 2.45) is 0 Å². The van der Waals surface area contributed by atoms with Gasteiger partial charge >= 0.3 is 0 Å². The lowest BCUT2D eigenvalue weighted by Gasteiger charge is -2.21. The number of carbonyl (C=O) groups excluding carboxylic acids is 2. The molecule has 6 nitrogen and oxygen atoms in total. The van der Waals surface area contributed by atoms with Gasteiger partial charge in [-0.3, -0.25) is 20.4 Å². The highest BCUT2D eigenvalue weighted by Crippen LogP contribution is 2.29. The molecule has 2 unspecified atom stereocenters. The molecule has 0 spiro atoms. The molecular formula is C26H36N2O4. The van der Waals surface area contributed by atoms with E-state index in [2.05, 4.69) is 38.5 Å². The van der Waals surface area contributed by atoms with Crippen LogP contribution in [0.15, 0.2) is 42.5 Å². The van der Waals surface area contributed by atoms with E-state index >= 15 is 0 Å². The molecule has 0 aliphatic heterocycles. The molecule has 0 saturated carbocycles. The summed E-state index contributed by atoms with van der Waals surface area (Å²) in [6, 6.07) is 13.7. The van der Waals surface area contributed by atoms with Gasteiger partial charge in [-0.05, 0) is 60.4 Å². The second-order valence-corrected chi connectivity index (χ2v) is 8.38. The van der Waals surface area contributed by atoms with E-state index in [9.17, 15) is 9.59 Å². The molecular weight excluding hydrogens is 404 g/mol. The van der Waals surface area contributed by atoms with Crippen LogP contribution in [0.2, 0.25) is 0 Å². The summed E-state index contributed by atoms with van der Waals surface area (Å²) in [5.74, 6) is 1.12. The number of hydrogen-bond acceptors (Lipinski definition) is 4. The third kappa shape index (κ3) is 7.01. The van der Waals surface area contributed by atoms with Gasteiger partial charge < -0.3 is 9.47 Å². The number of carbonyl (C=O) groups is 2. The number of amides is 2. The molecule has 2 amide bonds. The minimum Gasteiger partial charge on any atom is -0.483 e. The molecule has 2 aromatic rings. The third-order valence-electron chi connectivity index (χ3n) is 5.47. The van der Waals surface area contributed by atoms with Gasteiger partial charge in [-0.2, -0.15) is 0 Å². The largest absolute Gasteiger partial charge is 0.483 e. The van der Waals surface area contributed by atoms with Crippen LogP contribution in [0, 0.1) is 6.92 Å². The van der Waals surface area contributed by atoms with E-state index in [1.807, 2.05) is 56.3 Å². The predicted molar refractivity (Wildman–Crippen MR) is 127 cm³/mol. The van der Waals surface area contributed by atoms with Crippen molar-refractivity contribution in [1.82, 2.24) is 10.9 Å². The lowest BCUT2D eigenvalue weighted by atomic mass is 9.98. The summed E-state index contributed by atoms with van der Waals surface area (Å²) in [5, 5.41) is 0. The Morgan fingerprint density at radius 3 is 2.28 bits per heavy atom. The van der Waals surface area contributed by atoms with Crippen molar-refractivity contribution < 1.29 is 19.1 Å². The van der Waals surface area contributed by atoms with Crippen LogP contribution in [0.1, 0.15) is 76.0 Å². The van der Waals surface area contributed by atoms with Crippen molar-refractivity contribution in [3.8, 4) is 11.5 Å². The standard InChI is InChI=1S/C26H36N2O4/c1-7-19(6)21-11-9-10-12-23(21)32-22(8-2)26(30)28-27-25(29)16-31-24-15-18(5)13-14-20(24)17(3)4/h9-15,17,19,22H,7-8,16H2,1-6H3,(H,27,29)(H,28,30). The quantitative estimate of drug-likeness (QED) is 0.509. The van der Waals surface area contributed by atoms with E-state index in [1.54, 1.807) is 0 Å². The first-order valence-corrected chi connectivity index (χ1v) is 11.3. The first kappa shape index (κ1) is 25.2. The van der Waals surface area contributed by atoms with Gasteiger partial charge in [0, 0.05) is 0 Å². The van der Waals surface area contributed by atoms with E-state index in [0.29, 0.717) is 23.8 Å². The number of benzene rings is 2. The average molecular weight is 441 g/mol. The Kier molecular flexibility index (Phi) is 9.57. The molecule has 0 fully saturated rings. The van der Waals surface area contributed by atoms with Crippen LogP contribution in [0.4, 0.5) is 0 Å². The lowest BCUT2D eigenvalue weighted by molar-refractivity contribution is -0.134. The zero-order valence-electron chi connectivity index (χ0n) is 20.0. The molecule has 0 aliphatic carbocycles. The molecule has 174 valence electrons. The first-order chi connectivity index (χ1) is 15.3. The number of para-hydroxylation sites is 1. The summed E-state index contributed by atoms with van der Waals surface area (Å²) in [6.07, 6.45) is 0.721. The maximum absolute atomic E-state index is 12.6. The second-order valence-electron chi connectivity index (χ2n) is 8.38. The molecule has 0 heterocycles.